The summed E-state index contributed by atoms with van der Waals surface area (Å²) in [6.45, 7) is 6.19. The number of carbonyl (C=O) groups is 3. The molecule has 4 amide bonds. The molecule has 0 saturated carbocycles. The summed E-state index contributed by atoms with van der Waals surface area (Å²) in [5.41, 5.74) is 4.84. The van der Waals surface area contributed by atoms with Gasteiger partial charge in [0.05, 0.1) is 5.69 Å². The lowest BCUT2D eigenvalue weighted by atomic mass is 9.99. The molecule has 4 aromatic rings. The number of hydrogen-bond acceptors (Lipinski definition) is 4. The van der Waals surface area contributed by atoms with Crippen molar-refractivity contribution in [2.75, 3.05) is 4.90 Å². The molecule has 1 heterocycles. The van der Waals surface area contributed by atoms with Crippen molar-refractivity contribution < 1.29 is 19.1 Å². The number of rotatable bonds is 5. The fourth-order valence-corrected chi connectivity index (χ4v) is 5.23. The maximum Gasteiger partial charge on any atom is 0.335 e. The van der Waals surface area contributed by atoms with Crippen LogP contribution in [0.2, 0.25) is 0 Å². The number of hydrogen-bond donors (Lipinski definition) is 1. The summed E-state index contributed by atoms with van der Waals surface area (Å²) in [6, 6.07) is 22.1. The fourth-order valence-electron chi connectivity index (χ4n) is 4.75. The minimum absolute atomic E-state index is 0.153. The molecule has 0 aromatic heterocycles. The minimum atomic E-state index is -0.785. The molecular formula is C31H25BrN2O4. The van der Waals surface area contributed by atoms with E-state index in [0.29, 0.717) is 29.2 Å². The van der Waals surface area contributed by atoms with E-state index in [9.17, 15) is 14.4 Å². The topological polar surface area (TPSA) is 75.7 Å². The highest BCUT2D eigenvalue weighted by Crippen LogP contribution is 2.33. The first-order valence-corrected chi connectivity index (χ1v) is 12.9. The molecule has 5 rings (SSSR count). The van der Waals surface area contributed by atoms with Gasteiger partial charge in [-0.1, -0.05) is 75.6 Å². The molecule has 1 saturated heterocycles. The Hall–Kier alpha value is -4.23. The van der Waals surface area contributed by atoms with Crippen LogP contribution in [0.3, 0.4) is 0 Å². The van der Waals surface area contributed by atoms with Gasteiger partial charge < -0.3 is 4.74 Å². The first-order valence-electron chi connectivity index (χ1n) is 12.1. The van der Waals surface area contributed by atoms with Crippen molar-refractivity contribution in [2.24, 2.45) is 0 Å². The van der Waals surface area contributed by atoms with E-state index in [1.807, 2.05) is 50.2 Å². The third kappa shape index (κ3) is 4.97. The normalized spacial score (nSPS) is 14.8. The van der Waals surface area contributed by atoms with Crippen LogP contribution in [0.5, 0.6) is 5.75 Å². The van der Waals surface area contributed by atoms with Crippen LogP contribution in [-0.2, 0) is 16.2 Å². The first-order chi connectivity index (χ1) is 18.2. The van der Waals surface area contributed by atoms with Crippen molar-refractivity contribution in [2.45, 2.75) is 27.4 Å². The number of amides is 4. The van der Waals surface area contributed by atoms with Gasteiger partial charge in [-0.05, 0) is 73.0 Å². The summed E-state index contributed by atoms with van der Waals surface area (Å²) in [4.78, 5) is 40.3. The van der Waals surface area contributed by atoms with Crippen molar-refractivity contribution in [1.82, 2.24) is 5.32 Å². The molecule has 1 N–H and O–H groups in total. The number of benzene rings is 4. The number of nitrogens with zero attached hydrogens (tertiary/aromatic N) is 1. The van der Waals surface area contributed by atoms with Gasteiger partial charge in [0.15, 0.2) is 0 Å². The van der Waals surface area contributed by atoms with Crippen molar-refractivity contribution in [1.29, 1.82) is 0 Å². The minimum Gasteiger partial charge on any atom is -0.488 e. The fraction of sp³-hybridized carbons (Fsp3) is 0.129. The van der Waals surface area contributed by atoms with Gasteiger partial charge in [-0.15, -0.1) is 0 Å². The molecule has 190 valence electrons. The van der Waals surface area contributed by atoms with E-state index >= 15 is 0 Å². The summed E-state index contributed by atoms with van der Waals surface area (Å²) in [6.07, 6.45) is 1.52. The van der Waals surface area contributed by atoms with Crippen molar-refractivity contribution in [3.05, 3.63) is 111 Å². The van der Waals surface area contributed by atoms with Gasteiger partial charge in [0.25, 0.3) is 11.8 Å². The van der Waals surface area contributed by atoms with Gasteiger partial charge in [-0.3, -0.25) is 14.9 Å². The molecular weight excluding hydrogens is 544 g/mol. The summed E-state index contributed by atoms with van der Waals surface area (Å²) < 4.78 is 7.06. The number of urea groups is 1. The zero-order valence-corrected chi connectivity index (χ0v) is 22.8. The molecule has 38 heavy (non-hydrogen) atoms. The second-order valence-corrected chi connectivity index (χ2v) is 10.3. The van der Waals surface area contributed by atoms with Gasteiger partial charge in [0, 0.05) is 10.0 Å². The third-order valence-corrected chi connectivity index (χ3v) is 6.89. The summed E-state index contributed by atoms with van der Waals surface area (Å²) >= 11 is 3.40. The maximum absolute atomic E-state index is 13.6. The van der Waals surface area contributed by atoms with E-state index in [2.05, 4.69) is 39.4 Å². The van der Waals surface area contributed by atoms with E-state index in [1.54, 1.807) is 25.1 Å². The lowest BCUT2D eigenvalue weighted by molar-refractivity contribution is -0.122. The highest BCUT2D eigenvalue weighted by molar-refractivity contribution is 9.10. The first kappa shape index (κ1) is 25.4. The van der Waals surface area contributed by atoms with Gasteiger partial charge in [0.2, 0.25) is 0 Å². The highest BCUT2D eigenvalue weighted by Gasteiger charge is 2.37. The Labute approximate surface area is 229 Å². The molecule has 0 radical (unpaired) electrons. The van der Waals surface area contributed by atoms with Crippen LogP contribution in [0.4, 0.5) is 10.5 Å². The summed E-state index contributed by atoms with van der Waals surface area (Å²) in [7, 11) is 0. The van der Waals surface area contributed by atoms with Crippen molar-refractivity contribution in [3.8, 4) is 5.75 Å². The monoisotopic (exact) mass is 568 g/mol. The molecule has 0 bridgehead atoms. The number of fused-ring (bicyclic) bond motifs is 1. The van der Waals surface area contributed by atoms with Gasteiger partial charge >= 0.3 is 6.03 Å². The Morgan fingerprint density at radius 2 is 1.63 bits per heavy atom. The molecule has 6 nitrogen and oxygen atoms in total. The highest BCUT2D eigenvalue weighted by atomic mass is 79.9. The predicted molar refractivity (Wildman–Crippen MR) is 152 cm³/mol. The summed E-state index contributed by atoms with van der Waals surface area (Å²) in [5.74, 6) is -0.921. The maximum atomic E-state index is 13.6. The summed E-state index contributed by atoms with van der Waals surface area (Å²) in [5, 5.41) is 4.06. The van der Waals surface area contributed by atoms with Crippen LogP contribution >= 0.6 is 15.9 Å². The third-order valence-electron chi connectivity index (χ3n) is 6.40. The quantitative estimate of drug-likeness (QED) is 0.213. The number of barbiturate groups is 1. The molecule has 0 atom stereocenters. The lowest BCUT2D eigenvalue weighted by Gasteiger charge is -2.27. The Bertz CT molecular complexity index is 1640. The number of imide groups is 2. The van der Waals surface area contributed by atoms with Crippen LogP contribution in [-0.4, -0.2) is 17.8 Å². The molecule has 1 aliphatic heterocycles. The number of halogens is 1. The number of anilines is 1. The molecule has 0 aliphatic carbocycles. The lowest BCUT2D eigenvalue weighted by Crippen LogP contribution is -2.54. The van der Waals surface area contributed by atoms with Gasteiger partial charge in [-0.2, -0.15) is 0 Å². The average molecular weight is 569 g/mol. The van der Waals surface area contributed by atoms with Crippen LogP contribution in [0, 0.1) is 20.8 Å². The van der Waals surface area contributed by atoms with E-state index in [4.69, 9.17) is 4.74 Å². The van der Waals surface area contributed by atoms with Crippen LogP contribution in [0.15, 0.2) is 82.8 Å². The Morgan fingerprint density at radius 1 is 0.895 bits per heavy atom. The second kappa shape index (κ2) is 10.3. The molecule has 1 aliphatic rings. The van der Waals surface area contributed by atoms with E-state index in [0.717, 1.165) is 36.8 Å². The number of nitrogens with one attached hydrogen (secondary N) is 1. The zero-order chi connectivity index (χ0) is 27.0. The largest absolute Gasteiger partial charge is 0.488 e. The molecule has 1 fully saturated rings. The van der Waals surface area contributed by atoms with Crippen LogP contribution in [0.25, 0.3) is 16.8 Å². The molecule has 7 heteroatoms. The Balaban J connectivity index is 1.59. The smallest absolute Gasteiger partial charge is 0.335 e. The number of carbonyl (C=O) groups excluding carboxylic acids is 3. The standard InChI is InChI=1S/C31H25BrN2O4/c1-18-12-19(2)14-21(13-18)17-38-28-11-8-22-6-4-5-7-24(22)25(28)16-26-29(35)33-31(37)34(30(26)36)27-10-9-23(32)15-20(27)3/h4-16H,17H2,1-3H3,(H,33,35,37)/b26-16-. The van der Waals surface area contributed by atoms with Crippen LogP contribution < -0.4 is 15.0 Å². The molecule has 4 aromatic carbocycles. The van der Waals surface area contributed by atoms with E-state index in [1.165, 1.54) is 6.08 Å². The van der Waals surface area contributed by atoms with Crippen molar-refractivity contribution in [3.63, 3.8) is 0 Å². The van der Waals surface area contributed by atoms with Gasteiger partial charge in [-0.25, -0.2) is 9.69 Å². The van der Waals surface area contributed by atoms with Gasteiger partial charge in [0.1, 0.15) is 17.9 Å². The number of ether oxygens (including phenoxy) is 1. The second-order valence-electron chi connectivity index (χ2n) is 9.37. The Morgan fingerprint density at radius 3 is 2.37 bits per heavy atom. The number of aryl methyl sites for hydroxylation is 3. The van der Waals surface area contributed by atoms with E-state index in [-0.39, 0.29) is 5.57 Å². The van der Waals surface area contributed by atoms with Crippen LogP contribution in [0.1, 0.15) is 27.8 Å². The van der Waals surface area contributed by atoms with E-state index < -0.39 is 17.8 Å². The molecule has 0 spiro atoms. The Kier molecular flexibility index (Phi) is 6.87. The zero-order valence-electron chi connectivity index (χ0n) is 21.2. The van der Waals surface area contributed by atoms with Crippen molar-refractivity contribution >= 4 is 56.3 Å². The predicted octanol–water partition coefficient (Wildman–Crippen LogP) is 6.77. The molecule has 0 unspecified atom stereocenters. The SMILES string of the molecule is Cc1cc(C)cc(COc2ccc3ccccc3c2/C=C2/C(=O)NC(=O)N(c3ccc(Br)cc3C)C2=O)c1. The average Bonchev–Trinajstić information content (AvgIpc) is 2.86.